The molecule has 2 heterocycles. The third-order valence-corrected chi connectivity index (χ3v) is 4.83. The fourth-order valence-electron chi connectivity index (χ4n) is 3.16. The first kappa shape index (κ1) is 17.5. The lowest BCUT2D eigenvalue weighted by molar-refractivity contribution is 0.644. The van der Waals surface area contributed by atoms with Crippen LogP contribution in [0.1, 0.15) is 25.0 Å². The largest absolute Gasteiger partial charge is 0.368 e. The van der Waals surface area contributed by atoms with E-state index in [9.17, 15) is 0 Å². The highest BCUT2D eigenvalue weighted by molar-refractivity contribution is 5.57. The smallest absolute Gasteiger partial charge is 0.224 e. The molecule has 0 unspecified atom stereocenters. The highest BCUT2D eigenvalue weighted by atomic mass is 15.3. The molecular formula is C20H29N5. The Hall–Kier alpha value is -2.30. The van der Waals surface area contributed by atoms with Crippen LogP contribution in [-0.4, -0.2) is 42.7 Å². The predicted octanol–water partition coefficient (Wildman–Crippen LogP) is 3.49. The van der Waals surface area contributed by atoms with Crippen LogP contribution in [0.5, 0.6) is 0 Å². The van der Waals surface area contributed by atoms with E-state index < -0.39 is 0 Å². The molecule has 1 aliphatic heterocycles. The number of aryl methyl sites for hydroxylation is 1. The second-order valence-electron chi connectivity index (χ2n) is 7.21. The molecule has 2 aromatic rings. The van der Waals surface area contributed by atoms with E-state index in [0.29, 0.717) is 5.92 Å². The van der Waals surface area contributed by atoms with Crippen molar-refractivity contribution in [1.82, 2.24) is 9.97 Å². The minimum atomic E-state index is 0.577. The Balaban J connectivity index is 1.64. The van der Waals surface area contributed by atoms with Gasteiger partial charge in [0.1, 0.15) is 5.82 Å². The molecule has 25 heavy (non-hydrogen) atoms. The Labute approximate surface area is 151 Å². The van der Waals surface area contributed by atoms with Gasteiger partial charge in [-0.2, -0.15) is 4.98 Å². The van der Waals surface area contributed by atoms with Gasteiger partial charge in [0.25, 0.3) is 0 Å². The minimum Gasteiger partial charge on any atom is -0.368 e. The number of rotatable bonds is 5. The van der Waals surface area contributed by atoms with Crippen LogP contribution in [0.25, 0.3) is 0 Å². The van der Waals surface area contributed by atoms with Gasteiger partial charge in [0.2, 0.25) is 5.95 Å². The van der Waals surface area contributed by atoms with E-state index in [2.05, 4.69) is 71.0 Å². The zero-order chi connectivity index (χ0) is 17.8. The SMILES string of the molecule is Cc1cccc(N2CCN(c3ccnc(NCC(C)C)n3)CC2)c1C. The van der Waals surface area contributed by atoms with Crippen LogP contribution in [0.4, 0.5) is 17.5 Å². The molecule has 134 valence electrons. The third-order valence-electron chi connectivity index (χ3n) is 4.83. The van der Waals surface area contributed by atoms with Crippen molar-refractivity contribution in [2.45, 2.75) is 27.7 Å². The van der Waals surface area contributed by atoms with Crippen LogP contribution >= 0.6 is 0 Å². The number of benzene rings is 1. The summed E-state index contributed by atoms with van der Waals surface area (Å²) in [4.78, 5) is 13.8. The van der Waals surface area contributed by atoms with Gasteiger partial charge in [-0.3, -0.25) is 0 Å². The summed E-state index contributed by atoms with van der Waals surface area (Å²) in [7, 11) is 0. The maximum absolute atomic E-state index is 4.68. The molecule has 5 heteroatoms. The third kappa shape index (κ3) is 4.21. The molecule has 1 N–H and O–H groups in total. The van der Waals surface area contributed by atoms with E-state index in [0.717, 1.165) is 44.5 Å². The second-order valence-corrected chi connectivity index (χ2v) is 7.21. The molecule has 1 aliphatic rings. The van der Waals surface area contributed by atoms with Crippen LogP contribution in [-0.2, 0) is 0 Å². The molecule has 0 atom stereocenters. The quantitative estimate of drug-likeness (QED) is 0.903. The van der Waals surface area contributed by atoms with Crippen LogP contribution < -0.4 is 15.1 Å². The fraction of sp³-hybridized carbons (Fsp3) is 0.500. The summed E-state index contributed by atoms with van der Waals surface area (Å²) in [6.07, 6.45) is 1.85. The number of anilines is 3. The lowest BCUT2D eigenvalue weighted by Gasteiger charge is -2.37. The van der Waals surface area contributed by atoms with Crippen molar-refractivity contribution in [3.05, 3.63) is 41.6 Å². The van der Waals surface area contributed by atoms with E-state index in [1.54, 1.807) is 0 Å². The zero-order valence-corrected chi connectivity index (χ0v) is 15.8. The highest BCUT2D eigenvalue weighted by Gasteiger charge is 2.20. The molecule has 1 aromatic heterocycles. The van der Waals surface area contributed by atoms with E-state index in [1.807, 2.05) is 12.3 Å². The Morgan fingerprint density at radius 3 is 2.48 bits per heavy atom. The van der Waals surface area contributed by atoms with Crippen molar-refractivity contribution in [3.8, 4) is 0 Å². The first-order valence-corrected chi connectivity index (χ1v) is 9.17. The second kappa shape index (κ2) is 7.72. The Kier molecular flexibility index (Phi) is 5.41. The lowest BCUT2D eigenvalue weighted by atomic mass is 10.1. The monoisotopic (exact) mass is 339 g/mol. The number of piperazine rings is 1. The molecule has 0 saturated carbocycles. The van der Waals surface area contributed by atoms with Crippen molar-refractivity contribution in [2.24, 2.45) is 5.92 Å². The summed E-state index contributed by atoms with van der Waals surface area (Å²) in [5, 5.41) is 3.31. The molecular weight excluding hydrogens is 310 g/mol. The van der Waals surface area contributed by atoms with E-state index in [-0.39, 0.29) is 0 Å². The number of hydrogen-bond acceptors (Lipinski definition) is 5. The summed E-state index contributed by atoms with van der Waals surface area (Å²) in [6.45, 7) is 13.7. The molecule has 3 rings (SSSR count). The molecule has 0 bridgehead atoms. The molecule has 5 nitrogen and oxygen atoms in total. The van der Waals surface area contributed by atoms with Crippen LogP contribution in [0.15, 0.2) is 30.5 Å². The summed E-state index contributed by atoms with van der Waals surface area (Å²) in [5.74, 6) is 2.32. The van der Waals surface area contributed by atoms with Gasteiger partial charge in [-0.1, -0.05) is 26.0 Å². The van der Waals surface area contributed by atoms with Gasteiger partial charge >= 0.3 is 0 Å². The average molecular weight is 339 g/mol. The number of nitrogens with one attached hydrogen (secondary N) is 1. The number of nitrogens with zero attached hydrogens (tertiary/aromatic N) is 4. The maximum atomic E-state index is 4.68. The van der Waals surface area contributed by atoms with Crippen molar-refractivity contribution in [1.29, 1.82) is 0 Å². The molecule has 1 fully saturated rings. The summed E-state index contributed by atoms with van der Waals surface area (Å²) in [6, 6.07) is 8.58. The van der Waals surface area contributed by atoms with Gasteiger partial charge in [0, 0.05) is 44.6 Å². The topological polar surface area (TPSA) is 44.3 Å². The molecule has 0 aliphatic carbocycles. The van der Waals surface area contributed by atoms with Gasteiger partial charge in [-0.25, -0.2) is 4.98 Å². The van der Waals surface area contributed by atoms with Gasteiger partial charge < -0.3 is 15.1 Å². The molecule has 1 aromatic carbocycles. The molecule has 0 radical (unpaired) electrons. The molecule has 1 saturated heterocycles. The van der Waals surface area contributed by atoms with Crippen LogP contribution in [0.3, 0.4) is 0 Å². The lowest BCUT2D eigenvalue weighted by Crippen LogP contribution is -2.47. The predicted molar refractivity (Wildman–Crippen MR) is 106 cm³/mol. The fourth-order valence-corrected chi connectivity index (χ4v) is 3.16. The van der Waals surface area contributed by atoms with Gasteiger partial charge in [-0.05, 0) is 43.0 Å². The summed E-state index contributed by atoms with van der Waals surface area (Å²) < 4.78 is 0. The van der Waals surface area contributed by atoms with Crippen molar-refractivity contribution in [2.75, 3.05) is 47.8 Å². The Morgan fingerprint density at radius 1 is 1.04 bits per heavy atom. The van der Waals surface area contributed by atoms with Crippen LogP contribution in [0.2, 0.25) is 0 Å². The molecule has 0 amide bonds. The minimum absolute atomic E-state index is 0.577. The van der Waals surface area contributed by atoms with E-state index in [1.165, 1.54) is 16.8 Å². The van der Waals surface area contributed by atoms with E-state index >= 15 is 0 Å². The maximum Gasteiger partial charge on any atom is 0.224 e. The normalized spacial score (nSPS) is 14.9. The first-order chi connectivity index (χ1) is 12.0. The first-order valence-electron chi connectivity index (χ1n) is 9.17. The van der Waals surface area contributed by atoms with Crippen LogP contribution in [0, 0.1) is 19.8 Å². The van der Waals surface area contributed by atoms with Gasteiger partial charge in [0.05, 0.1) is 0 Å². The van der Waals surface area contributed by atoms with Gasteiger partial charge in [-0.15, -0.1) is 0 Å². The Morgan fingerprint density at radius 2 is 1.76 bits per heavy atom. The summed E-state index contributed by atoms with van der Waals surface area (Å²) >= 11 is 0. The van der Waals surface area contributed by atoms with Crippen molar-refractivity contribution >= 4 is 17.5 Å². The average Bonchev–Trinajstić information content (AvgIpc) is 2.63. The van der Waals surface area contributed by atoms with Crippen molar-refractivity contribution < 1.29 is 0 Å². The highest BCUT2D eigenvalue weighted by Crippen LogP contribution is 2.25. The number of aromatic nitrogens is 2. The zero-order valence-electron chi connectivity index (χ0n) is 15.8. The standard InChI is InChI=1S/C20H29N5/c1-15(2)14-22-20-21-9-8-19(23-20)25-12-10-24(11-13-25)18-7-5-6-16(3)17(18)4/h5-9,15H,10-14H2,1-4H3,(H,21,22,23). The Bertz CT molecular complexity index is 705. The van der Waals surface area contributed by atoms with E-state index in [4.69, 9.17) is 0 Å². The van der Waals surface area contributed by atoms with Gasteiger partial charge in [0.15, 0.2) is 0 Å². The molecule has 0 spiro atoms. The van der Waals surface area contributed by atoms with Crippen molar-refractivity contribution in [3.63, 3.8) is 0 Å². The summed E-state index contributed by atoms with van der Waals surface area (Å²) in [5.41, 5.74) is 4.11. The number of hydrogen-bond donors (Lipinski definition) is 1.